The van der Waals surface area contributed by atoms with Crippen LogP contribution in [0.15, 0.2) is 18.2 Å². The van der Waals surface area contributed by atoms with Gasteiger partial charge in [-0.25, -0.2) is 4.39 Å². The lowest BCUT2D eigenvalue weighted by molar-refractivity contribution is -0.124. The van der Waals surface area contributed by atoms with E-state index in [9.17, 15) is 9.18 Å². The van der Waals surface area contributed by atoms with E-state index in [2.05, 4.69) is 10.6 Å². The average Bonchev–Trinajstić information content (AvgIpc) is 2.29. The van der Waals surface area contributed by atoms with Crippen molar-refractivity contribution in [3.05, 3.63) is 29.6 Å². The van der Waals surface area contributed by atoms with Crippen molar-refractivity contribution in [2.75, 3.05) is 20.2 Å². The summed E-state index contributed by atoms with van der Waals surface area (Å²) >= 11 is 0. The molecule has 2 N–H and O–H groups in total. The molecule has 1 fully saturated rings. The predicted molar refractivity (Wildman–Crippen MR) is 56.7 cm³/mol. The van der Waals surface area contributed by atoms with Crippen LogP contribution in [0.5, 0.6) is 5.75 Å². The van der Waals surface area contributed by atoms with E-state index in [1.165, 1.54) is 19.2 Å². The van der Waals surface area contributed by atoms with Gasteiger partial charge in [0.05, 0.1) is 7.11 Å². The second-order valence-electron chi connectivity index (χ2n) is 3.57. The van der Waals surface area contributed by atoms with Crippen LogP contribution in [0.1, 0.15) is 11.6 Å². The number of rotatable bonds is 2. The van der Waals surface area contributed by atoms with Crippen molar-refractivity contribution >= 4 is 5.91 Å². The number of nitrogens with one attached hydrogen (secondary N) is 2. The van der Waals surface area contributed by atoms with Crippen LogP contribution in [0.2, 0.25) is 0 Å². The predicted octanol–water partition coefficient (Wildman–Crippen LogP) is 0.595. The molecule has 1 aromatic rings. The van der Waals surface area contributed by atoms with Gasteiger partial charge in [0.15, 0.2) is 11.6 Å². The molecule has 2 rings (SSSR count). The van der Waals surface area contributed by atoms with Gasteiger partial charge in [-0.2, -0.15) is 0 Å². The molecule has 0 bridgehead atoms. The Hall–Kier alpha value is -1.62. The number of hydrogen-bond acceptors (Lipinski definition) is 3. The van der Waals surface area contributed by atoms with Crippen molar-refractivity contribution < 1.29 is 13.9 Å². The Bertz CT molecular complexity index is 409. The molecule has 16 heavy (non-hydrogen) atoms. The summed E-state index contributed by atoms with van der Waals surface area (Å²) in [7, 11) is 1.41. The van der Waals surface area contributed by atoms with E-state index in [0.717, 1.165) is 0 Å². The zero-order valence-electron chi connectivity index (χ0n) is 8.92. The third-order valence-electron chi connectivity index (χ3n) is 2.54. The smallest absolute Gasteiger partial charge is 0.241 e. The van der Waals surface area contributed by atoms with Crippen molar-refractivity contribution in [3.63, 3.8) is 0 Å². The van der Waals surface area contributed by atoms with Crippen molar-refractivity contribution in [2.45, 2.75) is 6.04 Å². The molecule has 0 radical (unpaired) electrons. The van der Waals surface area contributed by atoms with Crippen LogP contribution < -0.4 is 15.4 Å². The molecule has 1 aliphatic heterocycles. The second-order valence-corrected chi connectivity index (χ2v) is 3.57. The lowest BCUT2D eigenvalue weighted by atomic mass is 10.0. The lowest BCUT2D eigenvalue weighted by Crippen LogP contribution is -2.47. The summed E-state index contributed by atoms with van der Waals surface area (Å²) in [6, 6.07) is 4.05. The minimum atomic E-state index is -0.478. The van der Waals surface area contributed by atoms with Gasteiger partial charge in [0.25, 0.3) is 0 Å². The molecule has 1 amide bonds. The highest BCUT2D eigenvalue weighted by Gasteiger charge is 2.23. The van der Waals surface area contributed by atoms with Gasteiger partial charge in [0.2, 0.25) is 5.91 Å². The quantitative estimate of drug-likeness (QED) is 0.773. The monoisotopic (exact) mass is 224 g/mol. The zero-order valence-corrected chi connectivity index (χ0v) is 8.92. The van der Waals surface area contributed by atoms with E-state index in [4.69, 9.17) is 4.74 Å². The van der Waals surface area contributed by atoms with Crippen molar-refractivity contribution in [3.8, 4) is 5.75 Å². The number of piperazine rings is 1. The molecule has 0 aromatic heterocycles. The first-order valence-corrected chi connectivity index (χ1v) is 5.07. The van der Waals surface area contributed by atoms with Gasteiger partial charge in [-0.1, -0.05) is 6.07 Å². The summed E-state index contributed by atoms with van der Waals surface area (Å²) in [6.45, 7) is 1.29. The zero-order chi connectivity index (χ0) is 11.5. The number of carbonyl (C=O) groups excluding carboxylic acids is 1. The number of methoxy groups -OCH3 is 1. The van der Waals surface area contributed by atoms with Gasteiger partial charge in [-0.15, -0.1) is 0 Å². The Morgan fingerprint density at radius 3 is 2.88 bits per heavy atom. The SMILES string of the molecule is COc1ccc(C2NCCNC2=O)cc1F. The van der Waals surface area contributed by atoms with Gasteiger partial charge >= 0.3 is 0 Å². The number of ether oxygens (including phenoxy) is 1. The van der Waals surface area contributed by atoms with Crippen LogP contribution in [-0.2, 0) is 4.79 Å². The van der Waals surface area contributed by atoms with Crippen molar-refractivity contribution in [1.82, 2.24) is 10.6 Å². The van der Waals surface area contributed by atoms with E-state index in [0.29, 0.717) is 18.7 Å². The standard InChI is InChI=1S/C11H13FN2O2/c1-16-9-3-2-7(6-8(9)12)10-11(15)14-5-4-13-10/h2-3,6,10,13H,4-5H2,1H3,(H,14,15). The molecular weight excluding hydrogens is 211 g/mol. The minimum Gasteiger partial charge on any atom is -0.494 e. The minimum absolute atomic E-state index is 0.129. The van der Waals surface area contributed by atoms with E-state index >= 15 is 0 Å². The van der Waals surface area contributed by atoms with E-state index in [-0.39, 0.29) is 11.7 Å². The molecule has 1 aromatic carbocycles. The molecule has 4 nitrogen and oxygen atoms in total. The molecule has 1 unspecified atom stereocenters. The van der Waals surface area contributed by atoms with Gasteiger partial charge in [-0.05, 0) is 17.7 Å². The molecule has 0 spiro atoms. The summed E-state index contributed by atoms with van der Waals surface area (Å²) in [6.07, 6.45) is 0. The van der Waals surface area contributed by atoms with Crippen molar-refractivity contribution in [1.29, 1.82) is 0 Å². The number of hydrogen-bond donors (Lipinski definition) is 2. The highest BCUT2D eigenvalue weighted by atomic mass is 19.1. The fraction of sp³-hybridized carbons (Fsp3) is 0.364. The first-order valence-electron chi connectivity index (χ1n) is 5.07. The Balaban J connectivity index is 2.26. The Kier molecular flexibility index (Phi) is 3.05. The molecule has 0 saturated carbocycles. The third kappa shape index (κ3) is 1.99. The molecule has 1 saturated heterocycles. The van der Waals surface area contributed by atoms with Crippen LogP contribution in [0.3, 0.4) is 0 Å². The number of carbonyl (C=O) groups is 1. The average molecular weight is 224 g/mol. The van der Waals surface area contributed by atoms with Crippen LogP contribution >= 0.6 is 0 Å². The fourth-order valence-electron chi connectivity index (χ4n) is 1.73. The van der Waals surface area contributed by atoms with E-state index < -0.39 is 11.9 Å². The Morgan fingerprint density at radius 2 is 2.25 bits per heavy atom. The normalized spacial score (nSPS) is 20.4. The second kappa shape index (κ2) is 4.49. The maximum absolute atomic E-state index is 13.4. The Labute approximate surface area is 92.8 Å². The maximum atomic E-state index is 13.4. The topological polar surface area (TPSA) is 50.4 Å². The van der Waals surface area contributed by atoms with Gasteiger partial charge < -0.3 is 15.4 Å². The highest BCUT2D eigenvalue weighted by molar-refractivity contribution is 5.83. The molecule has 5 heteroatoms. The summed E-state index contributed by atoms with van der Waals surface area (Å²) in [5.41, 5.74) is 0.607. The fourth-order valence-corrected chi connectivity index (χ4v) is 1.73. The first kappa shape index (κ1) is 10.9. The van der Waals surface area contributed by atoms with Gasteiger partial charge in [0.1, 0.15) is 6.04 Å². The summed E-state index contributed by atoms with van der Waals surface area (Å²) in [5.74, 6) is -0.407. The third-order valence-corrected chi connectivity index (χ3v) is 2.54. The number of benzene rings is 1. The van der Waals surface area contributed by atoms with Crippen LogP contribution in [0.25, 0.3) is 0 Å². The van der Waals surface area contributed by atoms with Crippen LogP contribution in [0, 0.1) is 5.82 Å². The largest absolute Gasteiger partial charge is 0.494 e. The first-order chi connectivity index (χ1) is 7.72. The molecule has 86 valence electrons. The van der Waals surface area contributed by atoms with E-state index in [1.807, 2.05) is 0 Å². The van der Waals surface area contributed by atoms with Crippen LogP contribution in [0.4, 0.5) is 4.39 Å². The number of halogens is 1. The van der Waals surface area contributed by atoms with Crippen molar-refractivity contribution in [2.24, 2.45) is 0 Å². The molecule has 0 aliphatic carbocycles. The summed E-state index contributed by atoms with van der Waals surface area (Å²) < 4.78 is 18.3. The summed E-state index contributed by atoms with van der Waals surface area (Å²) in [5, 5.41) is 5.75. The molecule has 1 heterocycles. The molecule has 1 atom stereocenters. The van der Waals surface area contributed by atoms with Gasteiger partial charge in [-0.3, -0.25) is 4.79 Å². The van der Waals surface area contributed by atoms with Gasteiger partial charge in [0, 0.05) is 13.1 Å². The lowest BCUT2D eigenvalue weighted by Gasteiger charge is -2.23. The molecule has 1 aliphatic rings. The summed E-state index contributed by atoms with van der Waals surface area (Å²) in [4.78, 5) is 11.5. The number of amides is 1. The Morgan fingerprint density at radius 1 is 1.44 bits per heavy atom. The van der Waals surface area contributed by atoms with Crippen LogP contribution in [-0.4, -0.2) is 26.1 Å². The maximum Gasteiger partial charge on any atom is 0.241 e. The highest BCUT2D eigenvalue weighted by Crippen LogP contribution is 2.22. The van der Waals surface area contributed by atoms with E-state index in [1.54, 1.807) is 6.07 Å². The molecular formula is C11H13FN2O2.